The first-order valence-electron chi connectivity index (χ1n) is 9.59. The molecule has 1 aliphatic carbocycles. The van der Waals surface area contributed by atoms with Gasteiger partial charge in [0.15, 0.2) is 16.6 Å². The number of esters is 1. The van der Waals surface area contributed by atoms with Gasteiger partial charge in [-0.1, -0.05) is 53.7 Å². The van der Waals surface area contributed by atoms with Gasteiger partial charge in [0.2, 0.25) is 0 Å². The van der Waals surface area contributed by atoms with E-state index in [4.69, 9.17) is 13.6 Å². The maximum Gasteiger partial charge on any atom is 0.312 e. The third-order valence-corrected chi connectivity index (χ3v) is 15.4. The second-order valence-corrected chi connectivity index (χ2v) is 20.1. The number of methoxy groups -OCH3 is 1. The summed E-state index contributed by atoms with van der Waals surface area (Å²) in [7, 11) is -2.33. The summed E-state index contributed by atoms with van der Waals surface area (Å²) in [5.41, 5.74) is -0.521. The normalized spacial score (nSPS) is 24.8. The molecule has 152 valence electrons. The molecule has 0 heterocycles. The minimum atomic E-state index is -2.00. The number of hydrogen-bond acceptors (Lipinski definition) is 4. The standard InChI is InChI=1S/C20H40O4Si2/c1-18(2,3)25(8,9)23-14-12-13-20(15-16(20)17(21)22-7)24-26(10,11)19(4,5)6/h12-13,16H,14-15H2,1-11H3/b13-12+. The molecular formula is C20H40O4Si2. The van der Waals surface area contributed by atoms with Crippen molar-refractivity contribution in [2.75, 3.05) is 13.7 Å². The lowest BCUT2D eigenvalue weighted by Crippen LogP contribution is -2.45. The van der Waals surface area contributed by atoms with Crippen molar-refractivity contribution < 1.29 is 18.4 Å². The minimum Gasteiger partial charge on any atom is -0.469 e. The first kappa shape index (κ1) is 23.6. The quantitative estimate of drug-likeness (QED) is 0.321. The van der Waals surface area contributed by atoms with Crippen molar-refractivity contribution in [1.29, 1.82) is 0 Å². The third kappa shape index (κ3) is 5.30. The number of hydrogen-bond donors (Lipinski definition) is 0. The lowest BCUT2D eigenvalue weighted by molar-refractivity contribution is -0.143. The van der Waals surface area contributed by atoms with E-state index in [1.165, 1.54) is 7.11 Å². The molecule has 26 heavy (non-hydrogen) atoms. The van der Waals surface area contributed by atoms with Crippen LogP contribution in [0.5, 0.6) is 0 Å². The summed E-state index contributed by atoms with van der Waals surface area (Å²) in [4.78, 5) is 12.1. The molecule has 2 atom stereocenters. The Morgan fingerprint density at radius 2 is 1.54 bits per heavy atom. The van der Waals surface area contributed by atoms with Crippen LogP contribution in [0.15, 0.2) is 12.2 Å². The van der Waals surface area contributed by atoms with Crippen LogP contribution in [-0.4, -0.2) is 41.9 Å². The largest absolute Gasteiger partial charge is 0.469 e. The number of rotatable bonds is 7. The van der Waals surface area contributed by atoms with E-state index in [-0.39, 0.29) is 22.0 Å². The predicted octanol–water partition coefficient (Wildman–Crippen LogP) is 5.52. The molecule has 6 heteroatoms. The molecule has 0 N–H and O–H groups in total. The smallest absolute Gasteiger partial charge is 0.312 e. The molecule has 1 rings (SSSR count). The van der Waals surface area contributed by atoms with Crippen molar-refractivity contribution in [3.63, 3.8) is 0 Å². The summed E-state index contributed by atoms with van der Waals surface area (Å²) in [5.74, 6) is -0.385. The Morgan fingerprint density at radius 3 is 1.96 bits per heavy atom. The Balaban J connectivity index is 2.89. The minimum absolute atomic E-state index is 0.0920. The molecule has 4 nitrogen and oxygen atoms in total. The molecule has 0 aromatic carbocycles. The van der Waals surface area contributed by atoms with E-state index in [1.807, 2.05) is 6.08 Å². The fourth-order valence-corrected chi connectivity index (χ4v) is 4.86. The van der Waals surface area contributed by atoms with Crippen LogP contribution in [0, 0.1) is 5.92 Å². The van der Waals surface area contributed by atoms with Crippen molar-refractivity contribution >= 4 is 22.6 Å². The van der Waals surface area contributed by atoms with Gasteiger partial charge in [0, 0.05) is 0 Å². The highest BCUT2D eigenvalue weighted by Crippen LogP contribution is 2.53. The average molecular weight is 401 g/mol. The van der Waals surface area contributed by atoms with Gasteiger partial charge >= 0.3 is 5.97 Å². The summed E-state index contributed by atoms with van der Waals surface area (Å²) < 4.78 is 17.8. The van der Waals surface area contributed by atoms with Crippen LogP contribution in [0.1, 0.15) is 48.0 Å². The second-order valence-electron chi connectivity index (χ2n) is 10.6. The topological polar surface area (TPSA) is 44.8 Å². The van der Waals surface area contributed by atoms with E-state index >= 15 is 0 Å². The fraction of sp³-hybridized carbons (Fsp3) is 0.850. The lowest BCUT2D eigenvalue weighted by Gasteiger charge is -2.39. The Hall–Kier alpha value is -0.436. The van der Waals surface area contributed by atoms with E-state index in [1.54, 1.807) is 0 Å². The summed E-state index contributed by atoms with van der Waals surface area (Å²) in [6.07, 6.45) is 4.79. The first-order chi connectivity index (χ1) is 11.5. The van der Waals surface area contributed by atoms with Gasteiger partial charge in [0.1, 0.15) is 0 Å². The molecule has 2 unspecified atom stereocenters. The number of carbonyl (C=O) groups excluding carboxylic acids is 1. The van der Waals surface area contributed by atoms with Gasteiger partial charge in [-0.3, -0.25) is 4.79 Å². The Labute approximate surface area is 162 Å². The monoisotopic (exact) mass is 400 g/mol. The Morgan fingerprint density at radius 1 is 1.04 bits per heavy atom. The average Bonchev–Trinajstić information content (AvgIpc) is 3.14. The number of carbonyl (C=O) groups is 1. The molecule has 1 saturated carbocycles. The second kappa shape index (κ2) is 7.53. The van der Waals surface area contributed by atoms with Crippen molar-refractivity contribution in [2.45, 2.75) is 89.8 Å². The molecule has 0 aliphatic heterocycles. The van der Waals surface area contributed by atoms with Crippen molar-refractivity contribution in [1.82, 2.24) is 0 Å². The maximum absolute atomic E-state index is 12.1. The number of ether oxygens (including phenoxy) is 1. The van der Waals surface area contributed by atoms with Crippen LogP contribution in [0.2, 0.25) is 36.3 Å². The molecular weight excluding hydrogens is 360 g/mol. The molecule has 0 amide bonds. The molecule has 1 aliphatic rings. The van der Waals surface area contributed by atoms with Crippen LogP contribution >= 0.6 is 0 Å². The van der Waals surface area contributed by atoms with E-state index in [2.05, 4.69) is 73.8 Å². The summed E-state index contributed by atoms with van der Waals surface area (Å²) in [6.45, 7) is 22.9. The lowest BCUT2D eigenvalue weighted by atomic mass is 10.2. The van der Waals surface area contributed by atoms with Gasteiger partial charge < -0.3 is 13.6 Å². The fourth-order valence-electron chi connectivity index (χ4n) is 2.36. The SMILES string of the molecule is COC(=O)C1CC1(/C=C/CO[Si](C)(C)C(C)(C)C)O[Si](C)(C)C(C)(C)C. The molecule has 0 aromatic heterocycles. The highest BCUT2D eigenvalue weighted by atomic mass is 28.4. The molecule has 0 saturated heterocycles. The predicted molar refractivity (Wildman–Crippen MR) is 113 cm³/mol. The van der Waals surface area contributed by atoms with Crippen LogP contribution in [0.3, 0.4) is 0 Å². The van der Waals surface area contributed by atoms with Gasteiger partial charge in [-0.25, -0.2) is 0 Å². The maximum atomic E-state index is 12.1. The van der Waals surface area contributed by atoms with Gasteiger partial charge in [-0.2, -0.15) is 0 Å². The highest BCUT2D eigenvalue weighted by molar-refractivity contribution is 6.74. The van der Waals surface area contributed by atoms with Gasteiger partial charge in [-0.05, 0) is 42.7 Å². The van der Waals surface area contributed by atoms with Gasteiger partial charge in [0.25, 0.3) is 0 Å². The van der Waals surface area contributed by atoms with Crippen molar-refractivity contribution in [3.8, 4) is 0 Å². The highest BCUT2D eigenvalue weighted by Gasteiger charge is 2.62. The zero-order valence-corrected chi connectivity index (χ0v) is 20.8. The van der Waals surface area contributed by atoms with Crippen molar-refractivity contribution in [2.24, 2.45) is 5.92 Å². The van der Waals surface area contributed by atoms with Crippen LogP contribution in [-0.2, 0) is 18.4 Å². The molecule has 0 radical (unpaired) electrons. The van der Waals surface area contributed by atoms with E-state index in [9.17, 15) is 4.79 Å². The zero-order valence-electron chi connectivity index (χ0n) is 18.8. The van der Waals surface area contributed by atoms with Gasteiger partial charge in [0.05, 0.1) is 25.2 Å². The summed E-state index contributed by atoms with van der Waals surface area (Å²) in [5, 5.41) is 0.277. The summed E-state index contributed by atoms with van der Waals surface area (Å²) >= 11 is 0. The van der Waals surface area contributed by atoms with E-state index in [0.717, 1.165) is 0 Å². The zero-order chi connectivity index (χ0) is 20.6. The van der Waals surface area contributed by atoms with Crippen LogP contribution < -0.4 is 0 Å². The van der Waals surface area contributed by atoms with Crippen LogP contribution in [0.4, 0.5) is 0 Å². The summed E-state index contributed by atoms with van der Waals surface area (Å²) in [6, 6.07) is 0. The molecule has 0 aromatic rings. The molecule has 1 fully saturated rings. The van der Waals surface area contributed by atoms with E-state index < -0.39 is 22.2 Å². The Kier molecular flexibility index (Phi) is 6.83. The first-order valence-corrected chi connectivity index (χ1v) is 15.4. The van der Waals surface area contributed by atoms with Gasteiger partial charge in [-0.15, -0.1) is 0 Å². The molecule has 0 bridgehead atoms. The molecule has 0 spiro atoms. The third-order valence-electron chi connectivity index (χ3n) is 6.44. The Bertz CT molecular complexity index is 541. The van der Waals surface area contributed by atoms with Crippen LogP contribution in [0.25, 0.3) is 0 Å². The van der Waals surface area contributed by atoms with E-state index in [0.29, 0.717) is 13.0 Å². The van der Waals surface area contributed by atoms with Crippen molar-refractivity contribution in [3.05, 3.63) is 12.2 Å².